The number of piperidine rings is 1. The van der Waals surface area contributed by atoms with E-state index in [2.05, 4.69) is 20.3 Å². The molecule has 1 unspecified atom stereocenters. The van der Waals surface area contributed by atoms with Gasteiger partial charge in [-0.3, -0.25) is 14.6 Å². The SMILES string of the molecule is O=C(Nc1ccc(Cl)cn1)C1CCCN(C(=O)Cc2csc(-c3ccccn3)n2)C1. The van der Waals surface area contributed by atoms with Crippen molar-refractivity contribution in [3.05, 3.63) is 58.8 Å². The van der Waals surface area contributed by atoms with Gasteiger partial charge >= 0.3 is 0 Å². The van der Waals surface area contributed by atoms with Gasteiger partial charge in [0.1, 0.15) is 10.8 Å². The normalized spacial score (nSPS) is 16.3. The fraction of sp³-hybridized carbons (Fsp3) is 0.286. The highest BCUT2D eigenvalue weighted by molar-refractivity contribution is 7.13. The first-order valence-electron chi connectivity index (χ1n) is 9.64. The van der Waals surface area contributed by atoms with Gasteiger partial charge in [-0.2, -0.15) is 0 Å². The highest BCUT2D eigenvalue weighted by atomic mass is 35.5. The maximum atomic E-state index is 12.8. The highest BCUT2D eigenvalue weighted by Gasteiger charge is 2.29. The Bertz CT molecular complexity index is 1030. The minimum Gasteiger partial charge on any atom is -0.342 e. The molecule has 2 amide bonds. The monoisotopic (exact) mass is 441 g/mol. The molecule has 30 heavy (non-hydrogen) atoms. The number of carbonyl (C=O) groups excluding carboxylic acids is 2. The average molecular weight is 442 g/mol. The predicted molar refractivity (Wildman–Crippen MR) is 116 cm³/mol. The highest BCUT2D eigenvalue weighted by Crippen LogP contribution is 2.23. The second-order valence-corrected chi connectivity index (χ2v) is 8.36. The second-order valence-electron chi connectivity index (χ2n) is 7.07. The number of hydrogen-bond donors (Lipinski definition) is 1. The number of likely N-dealkylation sites (tertiary alicyclic amines) is 1. The van der Waals surface area contributed by atoms with Gasteiger partial charge in [-0.1, -0.05) is 17.7 Å². The van der Waals surface area contributed by atoms with Gasteiger partial charge in [0.05, 0.1) is 28.7 Å². The number of pyridine rings is 2. The molecule has 1 atom stereocenters. The van der Waals surface area contributed by atoms with Crippen molar-refractivity contribution >= 4 is 40.6 Å². The molecule has 7 nitrogen and oxygen atoms in total. The van der Waals surface area contributed by atoms with Crippen LogP contribution in [0.4, 0.5) is 5.82 Å². The van der Waals surface area contributed by atoms with Gasteiger partial charge in [-0.05, 0) is 37.1 Å². The van der Waals surface area contributed by atoms with Crippen LogP contribution in [0, 0.1) is 5.92 Å². The number of hydrogen-bond acceptors (Lipinski definition) is 6. The molecule has 0 aromatic carbocycles. The van der Waals surface area contributed by atoms with Gasteiger partial charge in [0, 0.05) is 30.9 Å². The zero-order chi connectivity index (χ0) is 20.9. The van der Waals surface area contributed by atoms with Crippen LogP contribution in [0.1, 0.15) is 18.5 Å². The van der Waals surface area contributed by atoms with E-state index in [1.54, 1.807) is 23.2 Å². The zero-order valence-corrected chi connectivity index (χ0v) is 17.7. The molecule has 1 N–H and O–H groups in total. The molecule has 4 rings (SSSR count). The molecule has 3 aromatic rings. The van der Waals surface area contributed by atoms with Crippen LogP contribution in [0.5, 0.6) is 0 Å². The summed E-state index contributed by atoms with van der Waals surface area (Å²) in [6.07, 6.45) is 4.95. The van der Waals surface area contributed by atoms with E-state index >= 15 is 0 Å². The Hall–Kier alpha value is -2.84. The van der Waals surface area contributed by atoms with Crippen LogP contribution in [0.3, 0.4) is 0 Å². The second kappa shape index (κ2) is 9.32. The van der Waals surface area contributed by atoms with E-state index in [0.717, 1.165) is 29.2 Å². The standard InChI is InChI=1S/C21H20ClN5O2S/c22-15-6-7-18(24-11-15)26-20(29)14-4-3-9-27(12-14)19(28)10-16-13-30-21(25-16)17-5-1-2-8-23-17/h1-2,5-8,11,13-14H,3-4,9-10,12H2,(H,24,26,29). The summed E-state index contributed by atoms with van der Waals surface area (Å²) in [4.78, 5) is 40.1. The molecule has 0 spiro atoms. The Morgan fingerprint density at radius 3 is 2.90 bits per heavy atom. The van der Waals surface area contributed by atoms with Crippen molar-refractivity contribution in [3.63, 3.8) is 0 Å². The lowest BCUT2D eigenvalue weighted by atomic mass is 9.96. The maximum absolute atomic E-state index is 12.8. The topological polar surface area (TPSA) is 88.1 Å². The van der Waals surface area contributed by atoms with E-state index in [0.29, 0.717) is 23.9 Å². The van der Waals surface area contributed by atoms with Crippen molar-refractivity contribution in [3.8, 4) is 10.7 Å². The molecule has 1 aliphatic heterocycles. The van der Waals surface area contributed by atoms with Crippen molar-refractivity contribution in [2.24, 2.45) is 5.92 Å². The fourth-order valence-electron chi connectivity index (χ4n) is 3.36. The number of carbonyl (C=O) groups is 2. The van der Waals surface area contributed by atoms with Crippen molar-refractivity contribution in [1.29, 1.82) is 0 Å². The Balaban J connectivity index is 1.35. The summed E-state index contributed by atoms with van der Waals surface area (Å²) in [5, 5.41) is 6.00. The Morgan fingerprint density at radius 2 is 2.13 bits per heavy atom. The van der Waals surface area contributed by atoms with Crippen LogP contribution in [0.2, 0.25) is 5.02 Å². The van der Waals surface area contributed by atoms with Gasteiger partial charge in [0.15, 0.2) is 0 Å². The van der Waals surface area contributed by atoms with E-state index in [1.165, 1.54) is 17.5 Å². The van der Waals surface area contributed by atoms with Crippen molar-refractivity contribution in [2.45, 2.75) is 19.3 Å². The molecule has 154 valence electrons. The lowest BCUT2D eigenvalue weighted by Gasteiger charge is -2.32. The molecule has 9 heteroatoms. The van der Waals surface area contributed by atoms with Gasteiger partial charge in [-0.15, -0.1) is 11.3 Å². The smallest absolute Gasteiger partial charge is 0.230 e. The van der Waals surface area contributed by atoms with E-state index in [1.807, 2.05) is 23.6 Å². The minimum absolute atomic E-state index is 0.0185. The third-order valence-corrected chi connectivity index (χ3v) is 6.03. The van der Waals surface area contributed by atoms with Crippen molar-refractivity contribution in [1.82, 2.24) is 19.9 Å². The van der Waals surface area contributed by atoms with Gasteiger partial charge in [-0.25, -0.2) is 9.97 Å². The molecular weight excluding hydrogens is 422 g/mol. The van der Waals surface area contributed by atoms with Crippen molar-refractivity contribution < 1.29 is 9.59 Å². The summed E-state index contributed by atoms with van der Waals surface area (Å²) in [7, 11) is 0. The Kier molecular flexibility index (Phi) is 6.35. The molecule has 4 heterocycles. The van der Waals surface area contributed by atoms with E-state index < -0.39 is 0 Å². The molecule has 0 bridgehead atoms. The van der Waals surface area contributed by atoms with Crippen molar-refractivity contribution in [2.75, 3.05) is 18.4 Å². The van der Waals surface area contributed by atoms with Crippen LogP contribution < -0.4 is 5.32 Å². The fourth-order valence-corrected chi connectivity index (χ4v) is 4.26. The first-order chi connectivity index (χ1) is 14.6. The summed E-state index contributed by atoms with van der Waals surface area (Å²) in [5.74, 6) is 0.0421. The predicted octanol–water partition coefficient (Wildman–Crippen LogP) is 3.67. The number of amides is 2. The molecule has 1 fully saturated rings. The minimum atomic E-state index is -0.264. The molecule has 0 aliphatic carbocycles. The number of nitrogens with zero attached hydrogens (tertiary/aromatic N) is 4. The van der Waals surface area contributed by atoms with Gasteiger partial charge in [0.2, 0.25) is 11.8 Å². The number of halogens is 1. The molecule has 1 aliphatic rings. The third-order valence-electron chi connectivity index (χ3n) is 4.89. The number of aromatic nitrogens is 3. The molecule has 0 radical (unpaired) electrons. The van der Waals surface area contributed by atoms with E-state index in [-0.39, 0.29) is 24.2 Å². The molecule has 3 aromatic heterocycles. The van der Waals surface area contributed by atoms with Crippen LogP contribution >= 0.6 is 22.9 Å². The number of thiazole rings is 1. The summed E-state index contributed by atoms with van der Waals surface area (Å²) < 4.78 is 0. The lowest BCUT2D eigenvalue weighted by Crippen LogP contribution is -2.44. The summed E-state index contributed by atoms with van der Waals surface area (Å²) >= 11 is 7.30. The van der Waals surface area contributed by atoms with E-state index in [9.17, 15) is 9.59 Å². The zero-order valence-electron chi connectivity index (χ0n) is 16.1. The van der Waals surface area contributed by atoms with Crippen LogP contribution in [-0.4, -0.2) is 44.8 Å². The maximum Gasteiger partial charge on any atom is 0.230 e. The van der Waals surface area contributed by atoms with E-state index in [4.69, 9.17) is 11.6 Å². The molecule has 0 saturated carbocycles. The first kappa shape index (κ1) is 20.4. The Morgan fingerprint density at radius 1 is 1.23 bits per heavy atom. The average Bonchev–Trinajstić information content (AvgIpc) is 3.24. The molecule has 1 saturated heterocycles. The quantitative estimate of drug-likeness (QED) is 0.652. The summed E-state index contributed by atoms with van der Waals surface area (Å²) in [5.41, 5.74) is 1.52. The van der Waals surface area contributed by atoms with Crippen LogP contribution in [0.15, 0.2) is 48.1 Å². The van der Waals surface area contributed by atoms with Gasteiger partial charge in [0.25, 0.3) is 0 Å². The lowest BCUT2D eigenvalue weighted by molar-refractivity contribution is -0.134. The number of anilines is 1. The third kappa shape index (κ3) is 5.01. The summed E-state index contributed by atoms with van der Waals surface area (Å²) in [6.45, 7) is 1.05. The summed E-state index contributed by atoms with van der Waals surface area (Å²) in [6, 6.07) is 9.00. The molecular formula is C21H20ClN5O2S. The Labute approximate surface area is 183 Å². The number of rotatable bonds is 5. The van der Waals surface area contributed by atoms with Crippen LogP contribution in [-0.2, 0) is 16.0 Å². The first-order valence-corrected chi connectivity index (χ1v) is 10.9. The number of nitrogens with one attached hydrogen (secondary N) is 1. The van der Waals surface area contributed by atoms with Gasteiger partial charge < -0.3 is 10.2 Å². The van der Waals surface area contributed by atoms with Crippen LogP contribution in [0.25, 0.3) is 10.7 Å². The largest absolute Gasteiger partial charge is 0.342 e.